The standard InChI is InChI=1S/C30H18N8O4/c31-13-21-23(35-27(39)17-8-1-3-10-19(17)29(41)37(35)25(21)33)15-6-5-7-16(12-15)24-22(14-32)26(34)38-30(42)20-11-4-2-9-18(20)28(40)36(24)38/h1-12,23-24H,33-34H2. The largest absolute Gasteiger partial charge is 0.383 e. The van der Waals surface area contributed by atoms with Crippen LogP contribution < -0.4 is 33.7 Å². The highest BCUT2D eigenvalue weighted by Gasteiger charge is 2.37. The smallest absolute Gasteiger partial charge is 0.279 e. The first kappa shape index (κ1) is 24.6. The third-order valence-electron chi connectivity index (χ3n) is 7.83. The van der Waals surface area contributed by atoms with Gasteiger partial charge in [0.05, 0.1) is 21.5 Å². The number of rotatable bonds is 2. The molecule has 4 N–H and O–H groups in total. The monoisotopic (exact) mass is 554 g/mol. The fraction of sp³-hybridized carbons (Fsp3) is 0.0667. The van der Waals surface area contributed by atoms with Gasteiger partial charge in [-0.05, 0) is 35.4 Å². The molecular formula is C30H18N8O4. The molecule has 3 aromatic carbocycles. The summed E-state index contributed by atoms with van der Waals surface area (Å²) in [6.45, 7) is 0. The number of nitrogens with zero attached hydrogens (tertiary/aromatic N) is 6. The van der Waals surface area contributed by atoms with Crippen molar-refractivity contribution in [3.63, 3.8) is 0 Å². The normalized spacial score (nSPS) is 17.4. The van der Waals surface area contributed by atoms with E-state index < -0.39 is 34.3 Å². The quantitative estimate of drug-likeness (QED) is 0.325. The lowest BCUT2D eigenvalue weighted by Crippen LogP contribution is -2.38. The third kappa shape index (κ3) is 2.97. The van der Waals surface area contributed by atoms with E-state index in [9.17, 15) is 29.7 Å². The van der Waals surface area contributed by atoms with E-state index in [1.54, 1.807) is 48.5 Å². The lowest BCUT2D eigenvalue weighted by molar-refractivity contribution is 0.529. The van der Waals surface area contributed by atoms with Crippen LogP contribution in [0, 0.1) is 22.7 Å². The summed E-state index contributed by atoms with van der Waals surface area (Å²) in [4.78, 5) is 54.1. The first-order valence-electron chi connectivity index (χ1n) is 12.7. The predicted molar refractivity (Wildman–Crippen MR) is 154 cm³/mol. The van der Waals surface area contributed by atoms with E-state index in [0.717, 1.165) is 18.7 Å². The summed E-state index contributed by atoms with van der Waals surface area (Å²) in [5, 5.41) is 20.8. The molecule has 5 aromatic rings. The van der Waals surface area contributed by atoms with Crippen molar-refractivity contribution in [2.45, 2.75) is 12.1 Å². The Labute approximate surface area is 234 Å². The summed E-state index contributed by atoms with van der Waals surface area (Å²) in [5.41, 5.74) is 11.1. The minimum atomic E-state index is -1.08. The van der Waals surface area contributed by atoms with Gasteiger partial charge in [0.15, 0.2) is 0 Å². The topological polar surface area (TPSA) is 188 Å². The first-order valence-corrected chi connectivity index (χ1v) is 12.7. The zero-order chi connectivity index (χ0) is 29.4. The molecule has 0 aliphatic carbocycles. The van der Waals surface area contributed by atoms with Gasteiger partial charge in [-0.25, -0.2) is 9.36 Å². The maximum Gasteiger partial charge on any atom is 0.279 e. The van der Waals surface area contributed by atoms with E-state index >= 15 is 0 Å². The molecule has 12 heteroatoms. The predicted octanol–water partition coefficient (Wildman–Crippen LogP) is 1.15. The van der Waals surface area contributed by atoms with Gasteiger partial charge in [-0.1, -0.05) is 48.5 Å². The van der Waals surface area contributed by atoms with Gasteiger partial charge in [0.1, 0.15) is 47.0 Å². The molecule has 0 amide bonds. The number of nitriles is 2. The van der Waals surface area contributed by atoms with E-state index in [2.05, 4.69) is 0 Å². The number of benzene rings is 3. The molecule has 2 aliphatic heterocycles. The summed E-state index contributed by atoms with van der Waals surface area (Å²) < 4.78 is 4.28. The van der Waals surface area contributed by atoms with Crippen LogP contribution in [0.2, 0.25) is 0 Å². The second kappa shape index (κ2) is 8.55. The van der Waals surface area contributed by atoms with E-state index in [-0.39, 0.29) is 44.3 Å². The Bertz CT molecular complexity index is 2290. The van der Waals surface area contributed by atoms with Gasteiger partial charge < -0.3 is 11.5 Å². The molecule has 0 radical (unpaired) electrons. The van der Waals surface area contributed by atoms with Crippen molar-refractivity contribution in [3.05, 3.63) is 136 Å². The molecule has 2 aromatic heterocycles. The Morgan fingerprint density at radius 1 is 0.548 bits per heavy atom. The molecule has 2 unspecified atom stereocenters. The van der Waals surface area contributed by atoms with Crippen molar-refractivity contribution < 1.29 is 0 Å². The highest BCUT2D eigenvalue weighted by Crippen LogP contribution is 2.37. The second-order valence-corrected chi connectivity index (χ2v) is 9.92. The zero-order valence-corrected chi connectivity index (χ0v) is 21.6. The van der Waals surface area contributed by atoms with Crippen molar-refractivity contribution in [2.24, 2.45) is 11.5 Å². The van der Waals surface area contributed by atoms with Gasteiger partial charge in [-0.2, -0.15) is 19.9 Å². The summed E-state index contributed by atoms with van der Waals surface area (Å²) >= 11 is 0. The molecule has 0 saturated heterocycles. The fourth-order valence-corrected chi connectivity index (χ4v) is 5.99. The molecular weight excluding hydrogens is 536 g/mol. The minimum absolute atomic E-state index is 0.0246. The molecule has 2 aliphatic rings. The van der Waals surface area contributed by atoms with E-state index in [1.165, 1.54) is 24.3 Å². The van der Waals surface area contributed by atoms with Gasteiger partial charge in [0.25, 0.3) is 22.2 Å². The van der Waals surface area contributed by atoms with Crippen LogP contribution in [0.15, 0.2) is 103 Å². The Morgan fingerprint density at radius 3 is 1.26 bits per heavy atom. The second-order valence-electron chi connectivity index (χ2n) is 9.92. The molecule has 0 fully saturated rings. The Hall–Kier alpha value is -6.40. The Kier molecular flexibility index (Phi) is 5.01. The summed E-state index contributed by atoms with van der Waals surface area (Å²) in [6, 6.07) is 21.0. The molecule has 0 saturated carbocycles. The number of fused-ring (bicyclic) bond motifs is 4. The number of hydrogen-bond acceptors (Lipinski definition) is 8. The lowest BCUT2D eigenvalue weighted by atomic mass is 9.94. The molecule has 4 heterocycles. The lowest BCUT2D eigenvalue weighted by Gasteiger charge is -2.20. The molecule has 2 atom stereocenters. The van der Waals surface area contributed by atoms with Gasteiger partial charge >= 0.3 is 0 Å². The summed E-state index contributed by atoms with van der Waals surface area (Å²) in [7, 11) is 0. The van der Waals surface area contributed by atoms with Gasteiger partial charge in [0, 0.05) is 0 Å². The Morgan fingerprint density at radius 2 is 0.905 bits per heavy atom. The van der Waals surface area contributed by atoms with Crippen molar-refractivity contribution in [2.75, 3.05) is 0 Å². The van der Waals surface area contributed by atoms with Crippen LogP contribution in [0.5, 0.6) is 0 Å². The van der Waals surface area contributed by atoms with Crippen molar-refractivity contribution in [1.82, 2.24) is 18.7 Å². The van der Waals surface area contributed by atoms with E-state index in [0.29, 0.717) is 11.1 Å². The van der Waals surface area contributed by atoms with Crippen molar-refractivity contribution in [3.8, 4) is 12.1 Å². The number of allylic oxidation sites excluding steroid dienone is 2. The molecule has 202 valence electrons. The SMILES string of the molecule is N#CC1=C(N)n2c(=O)c3ccccc3c(=O)n2C1c1cccc(C2C(C#N)=C(N)n3c(=O)c4ccccc4c(=O)n32)c1. The molecule has 0 spiro atoms. The highest BCUT2D eigenvalue weighted by molar-refractivity contribution is 5.83. The number of aromatic nitrogens is 4. The zero-order valence-electron chi connectivity index (χ0n) is 21.6. The van der Waals surface area contributed by atoms with Crippen LogP contribution in [-0.2, 0) is 0 Å². The Balaban J connectivity index is 1.50. The minimum Gasteiger partial charge on any atom is -0.383 e. The van der Waals surface area contributed by atoms with Crippen LogP contribution in [0.4, 0.5) is 0 Å². The van der Waals surface area contributed by atoms with Crippen LogP contribution in [0.3, 0.4) is 0 Å². The van der Waals surface area contributed by atoms with Crippen molar-refractivity contribution in [1.29, 1.82) is 10.5 Å². The first-order chi connectivity index (χ1) is 20.3. The summed E-state index contributed by atoms with van der Waals surface area (Å²) in [5.74, 6) is -0.355. The van der Waals surface area contributed by atoms with Gasteiger partial charge in [-0.15, -0.1) is 0 Å². The average Bonchev–Trinajstić information content (AvgIpc) is 3.49. The third-order valence-corrected chi connectivity index (χ3v) is 7.83. The van der Waals surface area contributed by atoms with Crippen LogP contribution >= 0.6 is 0 Å². The van der Waals surface area contributed by atoms with Crippen LogP contribution in [0.1, 0.15) is 23.2 Å². The highest BCUT2D eigenvalue weighted by atomic mass is 16.2. The molecule has 7 rings (SSSR count). The van der Waals surface area contributed by atoms with Crippen molar-refractivity contribution >= 4 is 33.2 Å². The summed E-state index contributed by atoms with van der Waals surface area (Å²) in [6.07, 6.45) is 0. The van der Waals surface area contributed by atoms with E-state index in [1.807, 2.05) is 12.1 Å². The molecule has 0 bridgehead atoms. The maximum atomic E-state index is 13.7. The van der Waals surface area contributed by atoms with Crippen LogP contribution in [-0.4, -0.2) is 18.7 Å². The molecule has 42 heavy (non-hydrogen) atoms. The maximum absolute atomic E-state index is 13.7. The number of nitrogens with two attached hydrogens (primary N) is 2. The fourth-order valence-electron chi connectivity index (χ4n) is 5.99. The van der Waals surface area contributed by atoms with Gasteiger partial charge in [-0.3, -0.25) is 19.2 Å². The van der Waals surface area contributed by atoms with E-state index in [4.69, 9.17) is 11.5 Å². The average molecular weight is 555 g/mol. The van der Waals surface area contributed by atoms with Crippen LogP contribution in [0.25, 0.3) is 33.2 Å². The molecule has 12 nitrogen and oxygen atoms in total. The van der Waals surface area contributed by atoms with Gasteiger partial charge in [0.2, 0.25) is 0 Å². The number of hydrogen-bond donors (Lipinski definition) is 2.